The summed E-state index contributed by atoms with van der Waals surface area (Å²) in [5.41, 5.74) is 12.8. The Labute approximate surface area is 597 Å². The second-order valence-electron chi connectivity index (χ2n) is 26.2. The zero-order valence-electron chi connectivity index (χ0n) is 58.6. The summed E-state index contributed by atoms with van der Waals surface area (Å²) in [6.07, 6.45) is 6.20. The number of aromatic nitrogens is 12. The summed E-state index contributed by atoms with van der Waals surface area (Å²) in [5.74, 6) is -4.17. The van der Waals surface area contributed by atoms with E-state index in [9.17, 15) is 68.7 Å². The Morgan fingerprint density at radius 3 is 1.16 bits per heavy atom. The van der Waals surface area contributed by atoms with E-state index in [1.165, 1.54) is 74.4 Å². The van der Waals surface area contributed by atoms with Gasteiger partial charge in [-0.2, -0.15) is 15.8 Å². The SMILES string of the molecule is CCCC(CC(=O)O)n1c(=O)n(Cc2cn(C)c3cccc(C)c23)c2ccc(C#N)nc21.Cc1cc(C)c2c(Cn3c(=O)n([C@H](CC(=O)O)c4ccc(F)cc4)c4nc(C#N)ccc43)cn(C)c2c1.Cc1cccc2c1c(Cn1c(=O)n([C@H](CC(=O)O)c3ccc(F)cc3)c3nc(C#N)ccc31)cn2C. The van der Waals surface area contributed by atoms with E-state index in [2.05, 4.69) is 27.1 Å². The second-order valence-corrected chi connectivity index (χ2v) is 26.2. The van der Waals surface area contributed by atoms with Gasteiger partial charge in [0.25, 0.3) is 0 Å². The smallest absolute Gasteiger partial charge is 0.331 e. The third kappa shape index (κ3) is 13.9. The highest BCUT2D eigenvalue weighted by Crippen LogP contribution is 2.34. The lowest BCUT2D eigenvalue weighted by Gasteiger charge is -2.17. The summed E-state index contributed by atoms with van der Waals surface area (Å²) in [5, 5.41) is 60.2. The molecule has 0 saturated heterocycles. The minimum Gasteiger partial charge on any atom is -0.481 e. The molecule has 0 amide bonds. The number of pyridine rings is 3. The van der Waals surface area contributed by atoms with E-state index in [1.807, 2.05) is 143 Å². The van der Waals surface area contributed by atoms with Crippen LogP contribution in [0.15, 0.2) is 166 Å². The first-order valence-electron chi connectivity index (χ1n) is 33.7. The number of hydrogen-bond acceptors (Lipinski definition) is 12. The Hall–Kier alpha value is -13.3. The number of carboxylic acids is 3. The van der Waals surface area contributed by atoms with E-state index in [0.717, 1.165) is 78.1 Å². The molecule has 9 aromatic heterocycles. The van der Waals surface area contributed by atoms with Crippen molar-refractivity contribution in [1.29, 1.82) is 15.8 Å². The maximum atomic E-state index is 14.0. The largest absolute Gasteiger partial charge is 0.481 e. The molecule has 0 radical (unpaired) electrons. The topological polar surface area (TPSA) is 318 Å². The lowest BCUT2D eigenvalue weighted by atomic mass is 10.0. The summed E-state index contributed by atoms with van der Waals surface area (Å²) >= 11 is 0. The van der Waals surface area contributed by atoms with E-state index in [4.69, 9.17) is 0 Å². The van der Waals surface area contributed by atoms with Crippen LogP contribution in [0.2, 0.25) is 0 Å². The molecular weight excluding hydrogens is 1340 g/mol. The van der Waals surface area contributed by atoms with Crippen LogP contribution in [0.1, 0.15) is 124 Å². The summed E-state index contributed by atoms with van der Waals surface area (Å²) in [4.78, 5) is 89.8. The normalized spacial score (nSPS) is 12.2. The fraction of sp³-hybridized carbons (Fsp3) is 0.241. The standard InChI is InChI=1S/C28H24FN5O3.C27H22FN5O3.C24H25N5O3/c1-16-10-17(2)26-19(14-32(3)24(26)11-16)15-33-22-9-8-21(13-30)31-27(22)34(28(33)37)23(12-25(35)36)18-4-6-20(29)7-5-18;1-16-4-3-5-21-25(16)18(14-31(21)2)15-32-22-11-10-20(13-29)30-26(22)33(27(32)36)23(12-24(34)35)17-6-8-19(28)9-7-17;1-4-6-18(11-21(30)31)29-23-20(10-9-17(12-25)26-23)28(24(29)32)14-16-13-27(3)19-8-5-7-15(2)22(16)19/h4-11,14,23H,12,15H2,1-3H3,(H,35,36);3-11,14,23H,12,15H2,1-2H3,(H,34,35);5,7-10,13,18H,4,6,11,14H2,1-3H3,(H,30,31)/t2*23-;/m11./s1. The van der Waals surface area contributed by atoms with E-state index in [0.29, 0.717) is 46.3 Å². The van der Waals surface area contributed by atoms with E-state index in [1.54, 1.807) is 38.0 Å². The second kappa shape index (κ2) is 29.4. The lowest BCUT2D eigenvalue weighted by Crippen LogP contribution is -2.30. The van der Waals surface area contributed by atoms with Gasteiger partial charge < -0.3 is 29.0 Å². The number of carbonyl (C=O) groups is 3. The summed E-state index contributed by atoms with van der Waals surface area (Å²) in [6.45, 7) is 10.8. The molecule has 0 aliphatic heterocycles. The first kappa shape index (κ1) is 71.5. The highest BCUT2D eigenvalue weighted by atomic mass is 19.1. The van der Waals surface area contributed by atoms with Gasteiger partial charge in [0, 0.05) is 72.4 Å². The van der Waals surface area contributed by atoms with Crippen LogP contribution in [0.25, 0.3) is 66.2 Å². The molecule has 14 aromatic rings. The van der Waals surface area contributed by atoms with Crippen LogP contribution in [-0.4, -0.2) is 89.3 Å². The molecule has 5 aromatic carbocycles. The van der Waals surface area contributed by atoms with Crippen molar-refractivity contribution in [2.24, 2.45) is 21.1 Å². The van der Waals surface area contributed by atoms with Crippen molar-refractivity contribution in [2.45, 2.75) is 104 Å². The molecule has 14 rings (SSSR count). The molecule has 105 heavy (non-hydrogen) atoms. The molecule has 26 heteroatoms. The van der Waals surface area contributed by atoms with Gasteiger partial charge >= 0.3 is 35.0 Å². The van der Waals surface area contributed by atoms with Gasteiger partial charge in [-0.1, -0.05) is 67.9 Å². The van der Waals surface area contributed by atoms with Gasteiger partial charge in [-0.15, -0.1) is 0 Å². The van der Waals surface area contributed by atoms with Crippen LogP contribution < -0.4 is 17.1 Å². The number of hydrogen-bond donors (Lipinski definition) is 3. The Kier molecular flexibility index (Phi) is 20.0. The number of benzene rings is 5. The Morgan fingerprint density at radius 1 is 0.448 bits per heavy atom. The minimum absolute atomic E-state index is 0.0996. The molecule has 0 aliphatic carbocycles. The highest BCUT2D eigenvalue weighted by Gasteiger charge is 2.30. The summed E-state index contributed by atoms with van der Waals surface area (Å²) in [6, 6.07) is 40.2. The quantitative estimate of drug-likeness (QED) is 0.0677. The third-order valence-corrected chi connectivity index (χ3v) is 19.1. The molecule has 0 aliphatic rings. The zero-order valence-corrected chi connectivity index (χ0v) is 58.6. The van der Waals surface area contributed by atoms with Gasteiger partial charge in [0.2, 0.25) is 0 Å². The average molecular weight is 1410 g/mol. The first-order chi connectivity index (χ1) is 50.3. The minimum atomic E-state index is -1.13. The molecule has 1 unspecified atom stereocenters. The van der Waals surface area contributed by atoms with Crippen molar-refractivity contribution in [3.05, 3.63) is 262 Å². The monoisotopic (exact) mass is 1410 g/mol. The highest BCUT2D eigenvalue weighted by molar-refractivity contribution is 5.90. The molecule has 0 spiro atoms. The number of aliphatic carboxylic acids is 3. The number of imidazole rings is 3. The Balaban J connectivity index is 0.000000148. The fourth-order valence-corrected chi connectivity index (χ4v) is 14.6. The number of aryl methyl sites for hydroxylation is 7. The van der Waals surface area contributed by atoms with E-state index < -0.39 is 71.9 Å². The van der Waals surface area contributed by atoms with Gasteiger partial charge in [-0.3, -0.25) is 41.8 Å². The van der Waals surface area contributed by atoms with Gasteiger partial charge in [0.05, 0.1) is 73.6 Å². The van der Waals surface area contributed by atoms with Gasteiger partial charge in [-0.05, 0) is 163 Å². The zero-order chi connectivity index (χ0) is 75.0. The number of halogens is 2. The van der Waals surface area contributed by atoms with Crippen molar-refractivity contribution in [3.8, 4) is 18.2 Å². The van der Waals surface area contributed by atoms with Crippen molar-refractivity contribution in [2.75, 3.05) is 0 Å². The Bertz CT molecular complexity index is 6140. The predicted molar refractivity (Wildman–Crippen MR) is 391 cm³/mol. The van der Waals surface area contributed by atoms with Crippen molar-refractivity contribution < 1.29 is 38.5 Å². The molecule has 3 atom stereocenters. The molecule has 0 fully saturated rings. The molecule has 24 nitrogen and oxygen atoms in total. The summed E-state index contributed by atoms with van der Waals surface area (Å²) < 4.78 is 42.1. The van der Waals surface area contributed by atoms with Crippen LogP contribution >= 0.6 is 0 Å². The van der Waals surface area contributed by atoms with Crippen LogP contribution in [0.4, 0.5) is 8.78 Å². The average Bonchev–Trinajstić information content (AvgIpc) is 1.61. The van der Waals surface area contributed by atoms with E-state index in [-0.39, 0.29) is 53.6 Å². The van der Waals surface area contributed by atoms with Crippen molar-refractivity contribution in [3.63, 3.8) is 0 Å². The Morgan fingerprint density at radius 2 is 0.800 bits per heavy atom. The first-order valence-corrected chi connectivity index (χ1v) is 33.7. The predicted octanol–water partition coefficient (Wildman–Crippen LogP) is 12.3. The van der Waals surface area contributed by atoms with Gasteiger partial charge in [0.1, 0.15) is 46.9 Å². The molecule has 0 saturated carbocycles. The maximum absolute atomic E-state index is 14.0. The van der Waals surface area contributed by atoms with Crippen LogP contribution in [0.5, 0.6) is 0 Å². The van der Waals surface area contributed by atoms with Crippen LogP contribution in [-0.2, 0) is 55.2 Å². The number of carboxylic acid groups (broad SMARTS) is 3. The van der Waals surface area contributed by atoms with Crippen molar-refractivity contribution >= 4 is 84.1 Å². The maximum Gasteiger partial charge on any atom is 0.331 e. The molecular formula is C79H71F2N15O9. The molecule has 530 valence electrons. The number of rotatable bonds is 19. The van der Waals surface area contributed by atoms with Gasteiger partial charge in [0.15, 0.2) is 16.9 Å². The van der Waals surface area contributed by atoms with Gasteiger partial charge in [-0.25, -0.2) is 38.1 Å². The van der Waals surface area contributed by atoms with Crippen molar-refractivity contribution in [1.82, 2.24) is 56.1 Å². The third-order valence-electron chi connectivity index (χ3n) is 19.1. The fourth-order valence-electron chi connectivity index (χ4n) is 14.6. The lowest BCUT2D eigenvalue weighted by molar-refractivity contribution is -0.138. The molecule has 3 N–H and O–H groups in total. The molecule has 0 bridgehead atoms. The number of fused-ring (bicyclic) bond motifs is 6. The number of nitriles is 3. The van der Waals surface area contributed by atoms with Crippen LogP contribution in [0.3, 0.4) is 0 Å². The number of nitrogens with zero attached hydrogens (tertiary/aromatic N) is 15. The summed E-state index contributed by atoms with van der Waals surface area (Å²) in [7, 11) is 5.87. The molecule has 9 heterocycles. The van der Waals surface area contributed by atoms with E-state index >= 15 is 0 Å². The van der Waals surface area contributed by atoms with Crippen LogP contribution in [0, 0.1) is 73.3 Å².